The van der Waals surface area contributed by atoms with Gasteiger partial charge < -0.3 is 10.1 Å². The Morgan fingerprint density at radius 3 is 2.41 bits per heavy atom. The fraction of sp³-hybridized carbons (Fsp3) is 0.200. The number of methoxy groups -OCH3 is 1. The van der Waals surface area contributed by atoms with Crippen molar-refractivity contribution < 1.29 is 9.53 Å². The molecule has 2 aromatic carbocycles. The minimum atomic E-state index is -0.460. The van der Waals surface area contributed by atoms with Crippen molar-refractivity contribution in [3.63, 3.8) is 0 Å². The molecule has 37 heavy (non-hydrogen) atoms. The highest BCUT2D eigenvalue weighted by Crippen LogP contribution is 2.37. The number of benzene rings is 2. The van der Waals surface area contributed by atoms with E-state index in [1.807, 2.05) is 87.5 Å². The largest absolute Gasteiger partial charge is 0.497 e. The zero-order valence-corrected chi connectivity index (χ0v) is 22.1. The SMILES string of the molecule is CCC(Sc1nc(-c2ccc(OC)cc2)cc(-c2ccc(C)cc2)c1C#N)C(=O)Nc1ncccc1C. The summed E-state index contributed by atoms with van der Waals surface area (Å²) in [6, 6.07) is 23.7. The molecule has 0 saturated carbocycles. The molecule has 0 fully saturated rings. The van der Waals surface area contributed by atoms with E-state index in [1.54, 1.807) is 13.3 Å². The standard InChI is InChI=1S/C30H28N4O2S/c1-5-27(29(35)34-28-20(3)7-6-16-32-28)37-30-25(18-31)24(21-10-8-19(2)9-11-21)17-26(33-30)22-12-14-23(36-4)15-13-22/h6-17,27H,5H2,1-4H3,(H,32,34,35). The van der Waals surface area contributed by atoms with Crippen LogP contribution < -0.4 is 10.1 Å². The molecule has 1 amide bonds. The Bertz CT molecular complexity index is 1440. The molecule has 0 saturated heterocycles. The molecule has 0 aliphatic rings. The summed E-state index contributed by atoms with van der Waals surface area (Å²) >= 11 is 1.30. The molecule has 2 heterocycles. The van der Waals surface area contributed by atoms with E-state index in [4.69, 9.17) is 9.72 Å². The number of ether oxygens (including phenoxy) is 1. The van der Waals surface area contributed by atoms with Crippen molar-refractivity contribution in [3.05, 3.63) is 89.6 Å². The fourth-order valence-corrected chi connectivity index (χ4v) is 4.88. The average molecular weight is 509 g/mol. The highest BCUT2D eigenvalue weighted by atomic mass is 32.2. The number of nitrogens with zero attached hydrogens (tertiary/aromatic N) is 3. The number of hydrogen-bond donors (Lipinski definition) is 1. The Morgan fingerprint density at radius 2 is 1.78 bits per heavy atom. The van der Waals surface area contributed by atoms with Crippen molar-refractivity contribution in [2.75, 3.05) is 12.4 Å². The van der Waals surface area contributed by atoms with Crippen molar-refractivity contribution in [3.8, 4) is 34.2 Å². The number of carbonyl (C=O) groups excluding carboxylic acids is 1. The normalized spacial score (nSPS) is 11.4. The maximum absolute atomic E-state index is 13.2. The maximum Gasteiger partial charge on any atom is 0.239 e. The topological polar surface area (TPSA) is 87.9 Å². The van der Waals surface area contributed by atoms with E-state index in [0.717, 1.165) is 39.3 Å². The Balaban J connectivity index is 1.77. The molecule has 2 aromatic heterocycles. The zero-order chi connectivity index (χ0) is 26.4. The van der Waals surface area contributed by atoms with Crippen LogP contribution in [0.2, 0.25) is 0 Å². The third kappa shape index (κ3) is 5.99. The Labute approximate surface area is 221 Å². The molecular weight excluding hydrogens is 480 g/mol. The summed E-state index contributed by atoms with van der Waals surface area (Å²) in [6.45, 7) is 5.88. The van der Waals surface area contributed by atoms with Gasteiger partial charge in [0.2, 0.25) is 5.91 Å². The summed E-state index contributed by atoms with van der Waals surface area (Å²) in [7, 11) is 1.63. The lowest BCUT2D eigenvalue weighted by molar-refractivity contribution is -0.115. The smallest absolute Gasteiger partial charge is 0.239 e. The second-order valence-corrected chi connectivity index (χ2v) is 9.81. The maximum atomic E-state index is 13.2. The van der Waals surface area contributed by atoms with E-state index in [-0.39, 0.29) is 5.91 Å². The van der Waals surface area contributed by atoms with Crippen molar-refractivity contribution in [1.29, 1.82) is 5.26 Å². The third-order valence-corrected chi connectivity index (χ3v) is 7.37. The first-order valence-corrected chi connectivity index (χ1v) is 12.9. The lowest BCUT2D eigenvalue weighted by Crippen LogP contribution is -2.25. The van der Waals surface area contributed by atoms with Gasteiger partial charge in [0.05, 0.1) is 23.6 Å². The second-order valence-electron chi connectivity index (χ2n) is 8.61. The summed E-state index contributed by atoms with van der Waals surface area (Å²) in [4.78, 5) is 22.4. The van der Waals surface area contributed by atoms with E-state index in [1.165, 1.54) is 11.8 Å². The van der Waals surface area contributed by atoms with Gasteiger partial charge in [0.25, 0.3) is 0 Å². The van der Waals surface area contributed by atoms with Gasteiger partial charge in [-0.3, -0.25) is 4.79 Å². The molecule has 186 valence electrons. The van der Waals surface area contributed by atoms with Crippen molar-refractivity contribution >= 4 is 23.5 Å². The summed E-state index contributed by atoms with van der Waals surface area (Å²) in [6.07, 6.45) is 2.21. The minimum absolute atomic E-state index is 0.174. The molecule has 0 spiro atoms. The second kappa shape index (κ2) is 11.7. The van der Waals surface area contributed by atoms with Crippen LogP contribution in [0.25, 0.3) is 22.4 Å². The van der Waals surface area contributed by atoms with Gasteiger partial charge in [-0.05, 0) is 67.8 Å². The number of hydrogen-bond acceptors (Lipinski definition) is 6. The van der Waals surface area contributed by atoms with E-state index >= 15 is 0 Å². The number of rotatable bonds is 8. The number of nitrogens with one attached hydrogen (secondary N) is 1. The van der Waals surface area contributed by atoms with Crippen LogP contribution in [-0.2, 0) is 4.79 Å². The van der Waals surface area contributed by atoms with Crippen LogP contribution in [0.3, 0.4) is 0 Å². The molecule has 0 aliphatic carbocycles. The lowest BCUT2D eigenvalue weighted by Gasteiger charge is -2.18. The van der Waals surface area contributed by atoms with Gasteiger partial charge in [-0.25, -0.2) is 9.97 Å². The number of thioether (sulfide) groups is 1. The first kappa shape index (κ1) is 25.9. The molecular formula is C30H28N4O2S. The minimum Gasteiger partial charge on any atom is -0.497 e. The first-order valence-electron chi connectivity index (χ1n) is 12.0. The monoisotopic (exact) mass is 508 g/mol. The fourth-order valence-electron chi connectivity index (χ4n) is 3.86. The number of carbonyl (C=O) groups is 1. The third-order valence-electron chi connectivity index (χ3n) is 6.01. The number of aryl methyl sites for hydroxylation is 2. The number of aromatic nitrogens is 2. The van der Waals surface area contributed by atoms with Crippen LogP contribution in [0.4, 0.5) is 5.82 Å². The van der Waals surface area contributed by atoms with Crippen LogP contribution in [-0.4, -0.2) is 28.2 Å². The molecule has 6 nitrogen and oxygen atoms in total. The van der Waals surface area contributed by atoms with Crippen molar-refractivity contribution in [1.82, 2.24) is 9.97 Å². The number of amides is 1. The summed E-state index contributed by atoms with van der Waals surface area (Å²) in [5.74, 6) is 1.11. The molecule has 1 N–H and O–H groups in total. The van der Waals surface area contributed by atoms with Gasteiger partial charge in [0.1, 0.15) is 22.7 Å². The van der Waals surface area contributed by atoms with Gasteiger partial charge in [-0.2, -0.15) is 5.26 Å². The molecule has 0 bridgehead atoms. The number of pyridine rings is 2. The van der Waals surface area contributed by atoms with Gasteiger partial charge in [-0.15, -0.1) is 0 Å². The van der Waals surface area contributed by atoms with E-state index in [9.17, 15) is 10.1 Å². The van der Waals surface area contributed by atoms with E-state index in [0.29, 0.717) is 22.8 Å². The van der Waals surface area contributed by atoms with Gasteiger partial charge in [0.15, 0.2) is 0 Å². The van der Waals surface area contributed by atoms with Crippen LogP contribution >= 0.6 is 11.8 Å². The number of nitriles is 1. The van der Waals surface area contributed by atoms with Crippen molar-refractivity contribution in [2.24, 2.45) is 0 Å². The van der Waals surface area contributed by atoms with Gasteiger partial charge in [-0.1, -0.05) is 54.6 Å². The molecule has 1 atom stereocenters. The van der Waals surface area contributed by atoms with Gasteiger partial charge in [0, 0.05) is 17.3 Å². The Hall–Kier alpha value is -4.15. The number of anilines is 1. The highest BCUT2D eigenvalue weighted by Gasteiger charge is 2.24. The summed E-state index contributed by atoms with van der Waals surface area (Å²) in [5.41, 5.74) is 5.78. The molecule has 7 heteroatoms. The molecule has 0 aliphatic heterocycles. The average Bonchev–Trinajstić information content (AvgIpc) is 2.93. The molecule has 0 radical (unpaired) electrons. The quantitative estimate of drug-likeness (QED) is 0.263. The van der Waals surface area contributed by atoms with Crippen LogP contribution in [0.15, 0.2) is 78.0 Å². The van der Waals surface area contributed by atoms with E-state index in [2.05, 4.69) is 16.4 Å². The van der Waals surface area contributed by atoms with Crippen molar-refractivity contribution in [2.45, 2.75) is 37.5 Å². The Morgan fingerprint density at radius 1 is 1.08 bits per heavy atom. The highest BCUT2D eigenvalue weighted by molar-refractivity contribution is 8.00. The van der Waals surface area contributed by atoms with Crippen LogP contribution in [0.1, 0.15) is 30.0 Å². The lowest BCUT2D eigenvalue weighted by atomic mass is 9.98. The predicted molar refractivity (Wildman–Crippen MR) is 149 cm³/mol. The molecule has 4 rings (SSSR count). The van der Waals surface area contributed by atoms with Gasteiger partial charge >= 0.3 is 0 Å². The molecule has 4 aromatic rings. The predicted octanol–water partition coefficient (Wildman–Crippen LogP) is 6.82. The summed E-state index contributed by atoms with van der Waals surface area (Å²) in [5, 5.41) is 13.2. The first-order chi connectivity index (χ1) is 17.9. The summed E-state index contributed by atoms with van der Waals surface area (Å²) < 4.78 is 5.30. The van der Waals surface area contributed by atoms with Crippen LogP contribution in [0, 0.1) is 25.2 Å². The zero-order valence-electron chi connectivity index (χ0n) is 21.3. The van der Waals surface area contributed by atoms with Crippen LogP contribution in [0.5, 0.6) is 5.75 Å². The Kier molecular flexibility index (Phi) is 8.22. The van der Waals surface area contributed by atoms with E-state index < -0.39 is 5.25 Å². The molecule has 1 unspecified atom stereocenters.